The van der Waals surface area contributed by atoms with E-state index in [4.69, 9.17) is 11.6 Å². The third-order valence-electron chi connectivity index (χ3n) is 4.07. The van der Waals surface area contributed by atoms with E-state index < -0.39 is 12.1 Å². The van der Waals surface area contributed by atoms with Gasteiger partial charge in [-0.3, -0.25) is 0 Å². The van der Waals surface area contributed by atoms with Crippen LogP contribution in [0.5, 0.6) is 0 Å². The second kappa shape index (κ2) is 5.94. The molecular formula is C16H11ClF3N5O. The van der Waals surface area contributed by atoms with E-state index in [1.807, 2.05) is 24.3 Å². The van der Waals surface area contributed by atoms with Gasteiger partial charge >= 0.3 is 12.1 Å². The van der Waals surface area contributed by atoms with Crippen LogP contribution >= 0.6 is 11.6 Å². The van der Waals surface area contributed by atoms with Gasteiger partial charge in [0.05, 0.1) is 11.1 Å². The normalized spacial score (nSPS) is 15.7. The molecule has 1 fully saturated rings. The number of halogens is 4. The Kier molecular flexibility index (Phi) is 3.83. The summed E-state index contributed by atoms with van der Waals surface area (Å²) in [4.78, 5) is 11.6. The molecule has 4 rings (SSSR count). The van der Waals surface area contributed by atoms with Crippen molar-refractivity contribution in [3.05, 3.63) is 53.1 Å². The van der Waals surface area contributed by atoms with E-state index in [-0.39, 0.29) is 16.9 Å². The summed E-state index contributed by atoms with van der Waals surface area (Å²) in [6, 6.07) is 7.51. The van der Waals surface area contributed by atoms with E-state index in [0.29, 0.717) is 11.0 Å². The van der Waals surface area contributed by atoms with E-state index >= 15 is 0 Å². The van der Waals surface area contributed by atoms with Gasteiger partial charge in [0, 0.05) is 17.4 Å². The van der Waals surface area contributed by atoms with Gasteiger partial charge < -0.3 is 9.84 Å². The Balaban J connectivity index is 1.54. The van der Waals surface area contributed by atoms with Gasteiger partial charge in [0.25, 0.3) is 0 Å². The van der Waals surface area contributed by atoms with Gasteiger partial charge in [0.1, 0.15) is 0 Å². The molecule has 1 N–H and O–H groups in total. The maximum atomic E-state index is 12.5. The molecule has 0 radical (unpaired) electrons. The number of benzene rings is 1. The van der Waals surface area contributed by atoms with Gasteiger partial charge in [-0.25, -0.2) is 9.97 Å². The van der Waals surface area contributed by atoms with Crippen LogP contribution in [-0.2, 0) is 11.7 Å². The predicted octanol–water partition coefficient (Wildman–Crippen LogP) is 4.30. The molecule has 0 unspecified atom stereocenters. The second-order valence-electron chi connectivity index (χ2n) is 5.90. The van der Waals surface area contributed by atoms with E-state index in [1.54, 1.807) is 0 Å². The maximum absolute atomic E-state index is 12.5. The minimum Gasteiger partial charge on any atom is -0.345 e. The van der Waals surface area contributed by atoms with Crippen molar-refractivity contribution in [2.75, 3.05) is 5.32 Å². The molecule has 2 aromatic heterocycles. The maximum Gasteiger partial charge on any atom is 0.471 e. The van der Waals surface area contributed by atoms with E-state index in [0.717, 1.165) is 18.4 Å². The molecule has 1 aliphatic carbocycles. The lowest BCUT2D eigenvalue weighted by Gasteiger charge is -2.19. The first-order valence-electron chi connectivity index (χ1n) is 7.64. The van der Waals surface area contributed by atoms with Gasteiger partial charge in [0.15, 0.2) is 0 Å². The number of hydrogen-bond acceptors (Lipinski definition) is 6. The number of nitrogens with zero attached hydrogens (tertiary/aromatic N) is 4. The molecule has 0 aliphatic heterocycles. The first-order valence-corrected chi connectivity index (χ1v) is 8.02. The number of rotatable bonds is 4. The standard InChI is InChI=1S/C16H11ClF3N5O/c17-11-4-2-1-3-10(11)15(5-6-15)24-14-21-7-9(8-22-14)12-23-13(26-25-12)16(18,19)20/h1-4,7-8H,5-6H2,(H,21,22,24). The van der Waals surface area contributed by atoms with E-state index in [9.17, 15) is 13.2 Å². The van der Waals surface area contributed by atoms with Crippen LogP contribution in [0, 0.1) is 0 Å². The van der Waals surface area contributed by atoms with Crippen LogP contribution in [0.25, 0.3) is 11.4 Å². The fraction of sp³-hybridized carbons (Fsp3) is 0.250. The fourth-order valence-electron chi connectivity index (χ4n) is 2.61. The Morgan fingerprint density at radius 3 is 2.38 bits per heavy atom. The molecular weight excluding hydrogens is 371 g/mol. The van der Waals surface area contributed by atoms with Gasteiger partial charge in [-0.05, 0) is 24.5 Å². The van der Waals surface area contributed by atoms with Crippen LogP contribution in [-0.4, -0.2) is 20.1 Å². The molecule has 26 heavy (non-hydrogen) atoms. The largest absolute Gasteiger partial charge is 0.471 e. The number of alkyl halides is 3. The summed E-state index contributed by atoms with van der Waals surface area (Å²) in [5.41, 5.74) is 0.856. The molecule has 1 aliphatic rings. The predicted molar refractivity (Wildman–Crippen MR) is 86.3 cm³/mol. The molecule has 6 nitrogen and oxygen atoms in total. The zero-order valence-electron chi connectivity index (χ0n) is 13.1. The van der Waals surface area contributed by atoms with Crippen LogP contribution in [0.15, 0.2) is 41.2 Å². The molecule has 0 saturated heterocycles. The molecule has 3 aromatic rings. The molecule has 0 amide bonds. The summed E-state index contributed by atoms with van der Waals surface area (Å²) in [5.74, 6) is -1.30. The van der Waals surface area contributed by atoms with Gasteiger partial charge in [-0.1, -0.05) is 35.0 Å². The van der Waals surface area contributed by atoms with Crippen molar-refractivity contribution in [2.45, 2.75) is 24.6 Å². The second-order valence-corrected chi connectivity index (χ2v) is 6.31. The molecule has 10 heteroatoms. The minimum atomic E-state index is -4.69. The van der Waals surface area contributed by atoms with Crippen LogP contribution < -0.4 is 5.32 Å². The third-order valence-corrected chi connectivity index (χ3v) is 4.40. The average Bonchev–Trinajstić information content (AvgIpc) is 3.19. The highest BCUT2D eigenvalue weighted by Gasteiger charge is 2.46. The quantitative estimate of drug-likeness (QED) is 0.726. The van der Waals surface area contributed by atoms with Crippen LogP contribution in [0.2, 0.25) is 5.02 Å². The SMILES string of the molecule is FC(F)(F)c1nc(-c2cnc(NC3(c4ccccc4Cl)CC3)nc2)no1. The van der Waals surface area contributed by atoms with Crippen LogP contribution in [0.3, 0.4) is 0 Å². The highest BCUT2D eigenvalue weighted by molar-refractivity contribution is 6.31. The number of anilines is 1. The van der Waals surface area contributed by atoms with Crippen molar-refractivity contribution in [1.29, 1.82) is 0 Å². The van der Waals surface area contributed by atoms with Gasteiger partial charge in [-0.2, -0.15) is 18.2 Å². The summed E-state index contributed by atoms with van der Waals surface area (Å²) in [5, 5.41) is 7.20. The highest BCUT2D eigenvalue weighted by Crippen LogP contribution is 2.50. The zero-order chi connectivity index (χ0) is 18.4. The number of aromatic nitrogens is 4. The lowest BCUT2D eigenvalue weighted by molar-refractivity contribution is -0.159. The Labute approximate surface area is 150 Å². The first kappa shape index (κ1) is 16.8. The Morgan fingerprint density at radius 1 is 1.12 bits per heavy atom. The summed E-state index contributed by atoms with van der Waals surface area (Å²) in [7, 11) is 0. The van der Waals surface area contributed by atoms with E-state index in [2.05, 4.69) is 29.9 Å². The molecule has 1 aromatic carbocycles. The third kappa shape index (κ3) is 3.10. The summed E-state index contributed by atoms with van der Waals surface area (Å²) >= 11 is 6.26. The Morgan fingerprint density at radius 2 is 1.81 bits per heavy atom. The smallest absolute Gasteiger partial charge is 0.345 e. The van der Waals surface area contributed by atoms with Crippen LogP contribution in [0.4, 0.5) is 19.1 Å². The van der Waals surface area contributed by atoms with Crippen molar-refractivity contribution in [3.8, 4) is 11.4 Å². The molecule has 0 atom stereocenters. The topological polar surface area (TPSA) is 76.7 Å². The summed E-state index contributed by atoms with van der Waals surface area (Å²) in [6.45, 7) is 0. The van der Waals surface area contributed by atoms with Crippen molar-refractivity contribution in [3.63, 3.8) is 0 Å². The van der Waals surface area contributed by atoms with Crippen molar-refractivity contribution >= 4 is 17.5 Å². The lowest BCUT2D eigenvalue weighted by Crippen LogP contribution is -2.20. The van der Waals surface area contributed by atoms with Crippen LogP contribution in [0.1, 0.15) is 24.3 Å². The first-order chi connectivity index (χ1) is 12.4. The summed E-state index contributed by atoms with van der Waals surface area (Å²) in [6.07, 6.45) is -0.268. The van der Waals surface area contributed by atoms with Gasteiger partial charge in [-0.15, -0.1) is 0 Å². The van der Waals surface area contributed by atoms with Crippen molar-refractivity contribution in [2.24, 2.45) is 0 Å². The van der Waals surface area contributed by atoms with Crippen molar-refractivity contribution < 1.29 is 17.7 Å². The molecule has 2 heterocycles. The Hall–Kier alpha value is -2.68. The van der Waals surface area contributed by atoms with Crippen molar-refractivity contribution in [1.82, 2.24) is 20.1 Å². The highest BCUT2D eigenvalue weighted by atomic mass is 35.5. The molecule has 0 spiro atoms. The molecule has 1 saturated carbocycles. The number of hydrogen-bond donors (Lipinski definition) is 1. The van der Waals surface area contributed by atoms with Gasteiger partial charge in [0.2, 0.25) is 11.8 Å². The monoisotopic (exact) mass is 381 g/mol. The lowest BCUT2D eigenvalue weighted by atomic mass is 10.1. The number of nitrogens with one attached hydrogen (secondary N) is 1. The minimum absolute atomic E-state index is 0.220. The average molecular weight is 382 g/mol. The zero-order valence-corrected chi connectivity index (χ0v) is 13.8. The molecule has 134 valence electrons. The molecule has 0 bridgehead atoms. The Bertz CT molecular complexity index is 938. The van der Waals surface area contributed by atoms with E-state index in [1.165, 1.54) is 12.4 Å². The summed E-state index contributed by atoms with van der Waals surface area (Å²) < 4.78 is 41.8. The fourth-order valence-corrected chi connectivity index (χ4v) is 2.93.